The highest BCUT2D eigenvalue weighted by atomic mass is 79.9. The zero-order valence-electron chi connectivity index (χ0n) is 7.05. The first-order valence-electron chi connectivity index (χ1n) is 3.79. The Balaban J connectivity index is 3.03. The summed E-state index contributed by atoms with van der Waals surface area (Å²) in [4.78, 5) is 0. The summed E-state index contributed by atoms with van der Waals surface area (Å²) in [5.74, 6) is 0. The van der Waals surface area contributed by atoms with Gasteiger partial charge in [0.05, 0.1) is 0 Å². The van der Waals surface area contributed by atoms with Crippen molar-refractivity contribution in [3.8, 4) is 0 Å². The van der Waals surface area contributed by atoms with Crippen LogP contribution in [0.15, 0.2) is 47.5 Å². The maximum absolute atomic E-state index is 3.66. The van der Waals surface area contributed by atoms with Gasteiger partial charge in [-0.3, -0.25) is 0 Å². The summed E-state index contributed by atoms with van der Waals surface area (Å²) in [6.45, 7) is 5.73. The number of hydrogen-bond donors (Lipinski definition) is 0. The van der Waals surface area contributed by atoms with Gasteiger partial charge in [-0.15, -0.1) is 0 Å². The molecule has 0 aliphatic rings. The molecule has 0 bridgehead atoms. The maximum atomic E-state index is 3.66. The van der Waals surface area contributed by atoms with Crippen molar-refractivity contribution >= 4 is 21.5 Å². The average molecular weight is 223 g/mol. The van der Waals surface area contributed by atoms with E-state index in [0.717, 1.165) is 4.47 Å². The van der Waals surface area contributed by atoms with Gasteiger partial charge in [-0.1, -0.05) is 46.8 Å². The van der Waals surface area contributed by atoms with E-state index in [1.54, 1.807) is 6.08 Å². The number of hydrogen-bond acceptors (Lipinski definition) is 0. The summed E-state index contributed by atoms with van der Waals surface area (Å²) in [7, 11) is 0. The Morgan fingerprint density at radius 2 is 2.25 bits per heavy atom. The van der Waals surface area contributed by atoms with Crippen molar-refractivity contribution in [1.82, 2.24) is 0 Å². The molecule has 0 aromatic heterocycles. The van der Waals surface area contributed by atoms with Gasteiger partial charge in [-0.2, -0.15) is 0 Å². The molecule has 0 atom stereocenters. The SMILES string of the molecule is C=C/C=C(\C)c1cccc(Br)c1. The highest BCUT2D eigenvalue weighted by Gasteiger charge is 1.93. The van der Waals surface area contributed by atoms with Crippen molar-refractivity contribution in [2.75, 3.05) is 0 Å². The molecular formula is C11H11Br. The van der Waals surface area contributed by atoms with Gasteiger partial charge < -0.3 is 0 Å². The van der Waals surface area contributed by atoms with Gasteiger partial charge in [-0.25, -0.2) is 0 Å². The zero-order valence-corrected chi connectivity index (χ0v) is 8.64. The van der Waals surface area contributed by atoms with Crippen LogP contribution in [0.4, 0.5) is 0 Å². The van der Waals surface area contributed by atoms with E-state index in [4.69, 9.17) is 0 Å². The van der Waals surface area contributed by atoms with Gasteiger partial charge >= 0.3 is 0 Å². The van der Waals surface area contributed by atoms with E-state index >= 15 is 0 Å². The molecule has 62 valence electrons. The first-order chi connectivity index (χ1) is 5.74. The highest BCUT2D eigenvalue weighted by molar-refractivity contribution is 9.10. The summed E-state index contributed by atoms with van der Waals surface area (Å²) >= 11 is 3.43. The van der Waals surface area contributed by atoms with E-state index in [0.29, 0.717) is 0 Å². The minimum atomic E-state index is 1.11. The monoisotopic (exact) mass is 222 g/mol. The molecule has 0 heterocycles. The summed E-state index contributed by atoms with van der Waals surface area (Å²) in [6.07, 6.45) is 3.80. The van der Waals surface area contributed by atoms with Gasteiger partial charge in [-0.05, 0) is 30.2 Å². The molecule has 0 radical (unpaired) electrons. The second kappa shape index (κ2) is 4.27. The van der Waals surface area contributed by atoms with Crippen molar-refractivity contribution < 1.29 is 0 Å². The fraction of sp³-hybridized carbons (Fsp3) is 0.0909. The van der Waals surface area contributed by atoms with Crippen LogP contribution in [-0.4, -0.2) is 0 Å². The Labute approximate surface area is 81.7 Å². The standard InChI is InChI=1S/C11H11Br/c1-3-5-9(2)10-6-4-7-11(12)8-10/h3-8H,1H2,2H3/b9-5+. The molecule has 1 heteroatoms. The van der Waals surface area contributed by atoms with E-state index < -0.39 is 0 Å². The van der Waals surface area contributed by atoms with Gasteiger partial charge in [0, 0.05) is 4.47 Å². The maximum Gasteiger partial charge on any atom is 0.0181 e. The van der Waals surface area contributed by atoms with E-state index in [1.807, 2.05) is 18.2 Å². The van der Waals surface area contributed by atoms with E-state index in [1.165, 1.54) is 11.1 Å². The van der Waals surface area contributed by atoms with Crippen molar-refractivity contribution in [2.24, 2.45) is 0 Å². The average Bonchev–Trinajstić information content (AvgIpc) is 2.05. The van der Waals surface area contributed by atoms with E-state index in [2.05, 4.69) is 41.6 Å². The Morgan fingerprint density at radius 3 is 2.83 bits per heavy atom. The van der Waals surface area contributed by atoms with Gasteiger partial charge in [0.1, 0.15) is 0 Å². The van der Waals surface area contributed by atoms with Crippen LogP contribution < -0.4 is 0 Å². The molecule has 0 saturated carbocycles. The van der Waals surface area contributed by atoms with Gasteiger partial charge in [0.15, 0.2) is 0 Å². The molecular weight excluding hydrogens is 212 g/mol. The molecule has 0 aliphatic carbocycles. The van der Waals surface area contributed by atoms with Crippen LogP contribution in [0.2, 0.25) is 0 Å². The lowest BCUT2D eigenvalue weighted by molar-refractivity contribution is 1.54. The van der Waals surface area contributed by atoms with Crippen molar-refractivity contribution in [3.63, 3.8) is 0 Å². The largest absolute Gasteiger partial charge is 0.0991 e. The normalized spacial score (nSPS) is 11.3. The lowest BCUT2D eigenvalue weighted by Crippen LogP contribution is -1.77. The van der Waals surface area contributed by atoms with Crippen LogP contribution in [0, 0.1) is 0 Å². The molecule has 0 unspecified atom stereocenters. The number of allylic oxidation sites excluding steroid dienone is 3. The Kier molecular flexibility index (Phi) is 3.30. The fourth-order valence-electron chi connectivity index (χ4n) is 1.01. The van der Waals surface area contributed by atoms with Crippen LogP contribution in [0.25, 0.3) is 5.57 Å². The van der Waals surface area contributed by atoms with Crippen LogP contribution in [0.3, 0.4) is 0 Å². The third-order valence-corrected chi connectivity index (χ3v) is 2.14. The highest BCUT2D eigenvalue weighted by Crippen LogP contribution is 2.18. The van der Waals surface area contributed by atoms with Crippen LogP contribution in [0.1, 0.15) is 12.5 Å². The topological polar surface area (TPSA) is 0 Å². The van der Waals surface area contributed by atoms with Gasteiger partial charge in [0.2, 0.25) is 0 Å². The first kappa shape index (κ1) is 9.27. The summed E-state index contributed by atoms with van der Waals surface area (Å²) < 4.78 is 1.11. The molecule has 0 nitrogen and oxygen atoms in total. The minimum absolute atomic E-state index is 1.11. The smallest absolute Gasteiger partial charge is 0.0181 e. The Bertz CT molecular complexity index is 311. The predicted octanol–water partition coefficient (Wildman–Crippen LogP) is 4.04. The molecule has 0 amide bonds. The zero-order chi connectivity index (χ0) is 8.97. The third-order valence-electron chi connectivity index (χ3n) is 1.65. The number of rotatable bonds is 2. The molecule has 1 aromatic carbocycles. The van der Waals surface area contributed by atoms with Crippen LogP contribution >= 0.6 is 15.9 Å². The molecule has 0 spiro atoms. The number of benzene rings is 1. The molecule has 0 aliphatic heterocycles. The minimum Gasteiger partial charge on any atom is -0.0991 e. The Hall–Kier alpha value is -0.820. The molecule has 0 saturated heterocycles. The predicted molar refractivity (Wildman–Crippen MR) is 58.0 cm³/mol. The lowest BCUT2D eigenvalue weighted by atomic mass is 10.1. The van der Waals surface area contributed by atoms with Crippen LogP contribution in [-0.2, 0) is 0 Å². The molecule has 12 heavy (non-hydrogen) atoms. The summed E-state index contributed by atoms with van der Waals surface area (Å²) in [5, 5.41) is 0. The van der Waals surface area contributed by atoms with E-state index in [9.17, 15) is 0 Å². The lowest BCUT2D eigenvalue weighted by Gasteiger charge is -2.00. The second-order valence-electron chi connectivity index (χ2n) is 2.60. The summed E-state index contributed by atoms with van der Waals surface area (Å²) in [5.41, 5.74) is 2.45. The number of halogens is 1. The molecule has 0 fully saturated rings. The molecule has 0 N–H and O–H groups in total. The molecule has 1 rings (SSSR count). The fourth-order valence-corrected chi connectivity index (χ4v) is 1.41. The van der Waals surface area contributed by atoms with E-state index in [-0.39, 0.29) is 0 Å². The van der Waals surface area contributed by atoms with Crippen molar-refractivity contribution in [3.05, 3.63) is 53.0 Å². The van der Waals surface area contributed by atoms with Crippen molar-refractivity contribution in [1.29, 1.82) is 0 Å². The second-order valence-corrected chi connectivity index (χ2v) is 3.51. The first-order valence-corrected chi connectivity index (χ1v) is 4.58. The molecule has 1 aromatic rings. The summed E-state index contributed by atoms with van der Waals surface area (Å²) in [6, 6.07) is 8.22. The van der Waals surface area contributed by atoms with Gasteiger partial charge in [0.25, 0.3) is 0 Å². The quantitative estimate of drug-likeness (QED) is 0.663. The van der Waals surface area contributed by atoms with Crippen molar-refractivity contribution in [2.45, 2.75) is 6.92 Å². The third kappa shape index (κ3) is 2.35. The van der Waals surface area contributed by atoms with Crippen LogP contribution in [0.5, 0.6) is 0 Å². The Morgan fingerprint density at radius 1 is 1.50 bits per heavy atom.